The van der Waals surface area contributed by atoms with E-state index in [0.29, 0.717) is 29.5 Å². The lowest BCUT2D eigenvalue weighted by atomic mass is 9.91. The zero-order valence-electron chi connectivity index (χ0n) is 20.1. The number of hydrogen-bond acceptors (Lipinski definition) is 6. The largest absolute Gasteiger partial charge is 0.507 e. The quantitative estimate of drug-likeness (QED) is 0.352. The van der Waals surface area contributed by atoms with Gasteiger partial charge < -0.3 is 15.9 Å². The standard InChI is InChI=1S/C27H30N2O5S/c1-5-6-7-9-18-15-22(30)23(21-14-17(4)11-12-19(21)16(2)3)24(31)25(18)35(33,34)27-20(26(28)32)10-8-13-29-27/h8,10-15,30-31H,2,5-7,9H2,1,3-4H3,(H2,28,32). The molecule has 0 fully saturated rings. The Hall–Kier alpha value is -3.65. The van der Waals surface area contributed by atoms with Crippen molar-refractivity contribution >= 4 is 21.3 Å². The molecule has 35 heavy (non-hydrogen) atoms. The molecule has 0 aliphatic carbocycles. The van der Waals surface area contributed by atoms with Crippen molar-refractivity contribution in [3.8, 4) is 22.6 Å². The highest BCUT2D eigenvalue weighted by Gasteiger charge is 2.33. The number of nitrogens with zero attached hydrogens (tertiary/aromatic N) is 1. The molecule has 2 aromatic carbocycles. The van der Waals surface area contributed by atoms with E-state index in [0.717, 1.165) is 18.4 Å². The highest BCUT2D eigenvalue weighted by Crippen LogP contribution is 2.47. The summed E-state index contributed by atoms with van der Waals surface area (Å²) in [6, 6.07) is 9.48. The number of sulfone groups is 1. The highest BCUT2D eigenvalue weighted by atomic mass is 32.2. The molecule has 3 aromatic rings. The second-order valence-corrected chi connectivity index (χ2v) is 10.4. The van der Waals surface area contributed by atoms with E-state index in [-0.39, 0.29) is 22.4 Å². The number of nitrogens with two attached hydrogens (primary N) is 1. The maximum atomic E-state index is 13.9. The first-order chi connectivity index (χ1) is 16.5. The van der Waals surface area contributed by atoms with E-state index in [1.165, 1.54) is 24.4 Å². The number of aromatic nitrogens is 1. The molecule has 0 saturated carbocycles. The molecule has 0 bridgehead atoms. The number of hydrogen-bond donors (Lipinski definition) is 3. The van der Waals surface area contributed by atoms with Gasteiger partial charge in [0.1, 0.15) is 16.4 Å². The summed E-state index contributed by atoms with van der Waals surface area (Å²) in [5.41, 5.74) is 7.98. The van der Waals surface area contributed by atoms with Gasteiger partial charge in [-0.1, -0.05) is 55.7 Å². The minimum Gasteiger partial charge on any atom is -0.507 e. The Kier molecular flexibility index (Phi) is 7.65. The summed E-state index contributed by atoms with van der Waals surface area (Å²) >= 11 is 0. The van der Waals surface area contributed by atoms with Crippen LogP contribution in [-0.2, 0) is 16.3 Å². The van der Waals surface area contributed by atoms with Crippen molar-refractivity contribution in [1.82, 2.24) is 4.98 Å². The number of primary amides is 1. The van der Waals surface area contributed by atoms with Crippen LogP contribution in [0.15, 0.2) is 59.1 Å². The van der Waals surface area contributed by atoms with Gasteiger partial charge in [-0.15, -0.1) is 0 Å². The number of pyridine rings is 1. The lowest BCUT2D eigenvalue weighted by Gasteiger charge is -2.19. The van der Waals surface area contributed by atoms with Crippen molar-refractivity contribution < 1.29 is 23.4 Å². The Balaban J connectivity index is 2.41. The normalized spacial score (nSPS) is 11.4. The molecule has 1 aromatic heterocycles. The third-order valence-electron chi connectivity index (χ3n) is 5.82. The average Bonchev–Trinajstić information content (AvgIpc) is 2.78. The van der Waals surface area contributed by atoms with Crippen LogP contribution in [0, 0.1) is 6.92 Å². The molecular weight excluding hydrogens is 464 g/mol. The number of rotatable bonds is 9. The number of aromatic hydroxyl groups is 2. The van der Waals surface area contributed by atoms with Crippen LogP contribution < -0.4 is 5.73 Å². The summed E-state index contributed by atoms with van der Waals surface area (Å²) < 4.78 is 27.8. The fourth-order valence-corrected chi connectivity index (χ4v) is 5.85. The number of carbonyl (C=O) groups excluding carboxylic acids is 1. The number of unbranched alkanes of at least 4 members (excludes halogenated alkanes) is 2. The maximum absolute atomic E-state index is 13.9. The topological polar surface area (TPSA) is 131 Å². The molecular formula is C27H30N2O5S. The van der Waals surface area contributed by atoms with E-state index in [2.05, 4.69) is 11.6 Å². The van der Waals surface area contributed by atoms with Crippen molar-refractivity contribution in [2.45, 2.75) is 56.4 Å². The van der Waals surface area contributed by atoms with Crippen LogP contribution in [0.2, 0.25) is 0 Å². The molecule has 8 heteroatoms. The molecule has 1 heterocycles. The van der Waals surface area contributed by atoms with Crippen molar-refractivity contribution in [3.05, 3.63) is 71.4 Å². The molecule has 184 valence electrons. The van der Waals surface area contributed by atoms with E-state index in [9.17, 15) is 23.4 Å². The summed E-state index contributed by atoms with van der Waals surface area (Å²) in [6.45, 7) is 9.62. The predicted molar refractivity (Wildman–Crippen MR) is 136 cm³/mol. The van der Waals surface area contributed by atoms with Crippen LogP contribution in [-0.4, -0.2) is 29.5 Å². The van der Waals surface area contributed by atoms with Gasteiger partial charge in [-0.3, -0.25) is 4.79 Å². The molecule has 0 aliphatic rings. The SMILES string of the molecule is C=C(C)c1ccc(C)cc1-c1c(O)cc(CCCCC)c(S(=O)(=O)c2ncccc2C(N)=O)c1O. The number of amides is 1. The van der Waals surface area contributed by atoms with Gasteiger partial charge in [0.05, 0.1) is 11.1 Å². The summed E-state index contributed by atoms with van der Waals surface area (Å²) in [6.07, 6.45) is 3.91. The van der Waals surface area contributed by atoms with Gasteiger partial charge in [-0.25, -0.2) is 13.4 Å². The minimum absolute atomic E-state index is 0.0268. The van der Waals surface area contributed by atoms with Gasteiger partial charge >= 0.3 is 0 Å². The second kappa shape index (κ2) is 10.3. The first-order valence-corrected chi connectivity index (χ1v) is 12.8. The van der Waals surface area contributed by atoms with Crippen LogP contribution in [0.25, 0.3) is 16.7 Å². The van der Waals surface area contributed by atoms with Gasteiger partial charge in [0.2, 0.25) is 9.84 Å². The zero-order valence-corrected chi connectivity index (χ0v) is 20.9. The zero-order chi connectivity index (χ0) is 25.9. The molecule has 4 N–H and O–H groups in total. The van der Waals surface area contributed by atoms with Gasteiger partial charge in [0, 0.05) is 6.20 Å². The summed E-state index contributed by atoms with van der Waals surface area (Å²) in [7, 11) is -4.50. The van der Waals surface area contributed by atoms with E-state index in [4.69, 9.17) is 5.73 Å². The number of phenols is 2. The first kappa shape index (κ1) is 26.0. The maximum Gasteiger partial charge on any atom is 0.251 e. The van der Waals surface area contributed by atoms with Crippen molar-refractivity contribution in [2.24, 2.45) is 5.73 Å². The summed E-state index contributed by atoms with van der Waals surface area (Å²) in [5.74, 6) is -1.81. The third-order valence-corrected chi connectivity index (χ3v) is 7.65. The van der Waals surface area contributed by atoms with Gasteiger partial charge in [-0.05, 0) is 61.6 Å². The molecule has 1 amide bonds. The highest BCUT2D eigenvalue weighted by molar-refractivity contribution is 7.91. The van der Waals surface area contributed by atoms with Crippen LogP contribution in [0.4, 0.5) is 0 Å². The minimum atomic E-state index is -4.50. The Morgan fingerprint density at radius 1 is 1.11 bits per heavy atom. The fourth-order valence-electron chi connectivity index (χ4n) is 4.13. The van der Waals surface area contributed by atoms with Crippen LogP contribution in [0.3, 0.4) is 0 Å². The Morgan fingerprint density at radius 3 is 2.46 bits per heavy atom. The van der Waals surface area contributed by atoms with E-state index < -0.39 is 31.4 Å². The number of carbonyl (C=O) groups is 1. The van der Waals surface area contributed by atoms with Gasteiger partial charge in [-0.2, -0.15) is 0 Å². The Morgan fingerprint density at radius 2 is 1.83 bits per heavy atom. The van der Waals surface area contributed by atoms with Crippen molar-refractivity contribution in [2.75, 3.05) is 0 Å². The molecule has 0 radical (unpaired) electrons. The monoisotopic (exact) mass is 494 g/mol. The molecule has 7 nitrogen and oxygen atoms in total. The van der Waals surface area contributed by atoms with Gasteiger partial charge in [0.25, 0.3) is 5.91 Å². The van der Waals surface area contributed by atoms with E-state index >= 15 is 0 Å². The lowest BCUT2D eigenvalue weighted by molar-refractivity contribution is 0.0996. The van der Waals surface area contributed by atoms with Crippen molar-refractivity contribution in [1.29, 1.82) is 0 Å². The summed E-state index contributed by atoms with van der Waals surface area (Å²) in [5, 5.41) is 21.9. The molecule has 0 saturated heterocycles. The summed E-state index contributed by atoms with van der Waals surface area (Å²) in [4.78, 5) is 15.5. The lowest BCUT2D eigenvalue weighted by Crippen LogP contribution is -2.18. The molecule has 0 aliphatic heterocycles. The number of phenolic OH excluding ortho intramolecular Hbond substituents is 2. The fraction of sp³-hybridized carbons (Fsp3) is 0.259. The predicted octanol–water partition coefficient (Wildman–Crippen LogP) is 5.17. The van der Waals surface area contributed by atoms with E-state index in [1.807, 2.05) is 19.9 Å². The first-order valence-electron chi connectivity index (χ1n) is 11.3. The Bertz CT molecular complexity index is 1410. The number of aryl methyl sites for hydroxylation is 2. The van der Waals surface area contributed by atoms with Crippen molar-refractivity contribution in [3.63, 3.8) is 0 Å². The van der Waals surface area contributed by atoms with Crippen LogP contribution in [0.1, 0.15) is 60.2 Å². The number of allylic oxidation sites excluding steroid dienone is 1. The second-order valence-electron chi connectivity index (χ2n) is 8.62. The smallest absolute Gasteiger partial charge is 0.251 e. The average molecular weight is 495 g/mol. The van der Waals surface area contributed by atoms with E-state index in [1.54, 1.807) is 19.1 Å². The molecule has 0 unspecified atom stereocenters. The van der Waals surface area contributed by atoms with Crippen LogP contribution >= 0.6 is 0 Å². The molecule has 3 rings (SSSR count). The number of benzene rings is 2. The molecule has 0 atom stereocenters. The Labute approximate surface area is 205 Å². The molecule has 0 spiro atoms. The van der Waals surface area contributed by atoms with Crippen LogP contribution in [0.5, 0.6) is 11.5 Å². The van der Waals surface area contributed by atoms with Gasteiger partial charge in [0.15, 0.2) is 5.03 Å². The third kappa shape index (κ3) is 5.07.